The number of nitrogens with one attached hydrogen (secondary N) is 2. The summed E-state index contributed by atoms with van der Waals surface area (Å²) in [5.41, 5.74) is 1.89. The summed E-state index contributed by atoms with van der Waals surface area (Å²) in [7, 11) is 3.56. The predicted octanol–water partition coefficient (Wildman–Crippen LogP) is 2.84. The highest BCUT2D eigenvalue weighted by Crippen LogP contribution is 2.14. The fraction of sp³-hybridized carbons (Fsp3) is 0.636. The van der Waals surface area contributed by atoms with Gasteiger partial charge in [0.05, 0.1) is 6.54 Å². The molecular formula is C22H38IN5O. The molecule has 1 atom stereocenters. The third kappa shape index (κ3) is 9.33. The Kier molecular flexibility index (Phi) is 12.2. The van der Waals surface area contributed by atoms with E-state index >= 15 is 0 Å². The van der Waals surface area contributed by atoms with Crippen molar-refractivity contribution in [1.29, 1.82) is 0 Å². The molecule has 7 heteroatoms. The van der Waals surface area contributed by atoms with E-state index in [0.29, 0.717) is 0 Å². The van der Waals surface area contributed by atoms with Gasteiger partial charge in [0, 0.05) is 45.8 Å². The molecule has 1 aliphatic rings. The fourth-order valence-electron chi connectivity index (χ4n) is 3.58. The summed E-state index contributed by atoms with van der Waals surface area (Å²) in [6.45, 7) is 10.3. The maximum absolute atomic E-state index is 12.1. The molecule has 0 aliphatic carbocycles. The van der Waals surface area contributed by atoms with Crippen LogP contribution in [-0.2, 0) is 6.42 Å². The molecule has 1 aliphatic heterocycles. The molecule has 0 radical (unpaired) electrons. The zero-order chi connectivity index (χ0) is 20.4. The minimum Gasteiger partial charge on any atom is -0.357 e. The number of carbonyl (C=O) groups excluding carboxylic acids is 1. The van der Waals surface area contributed by atoms with Crippen LogP contribution < -0.4 is 10.6 Å². The molecule has 0 bridgehead atoms. The van der Waals surface area contributed by atoms with Gasteiger partial charge in [0.25, 0.3) is 5.91 Å². The van der Waals surface area contributed by atoms with Gasteiger partial charge in [0.1, 0.15) is 0 Å². The summed E-state index contributed by atoms with van der Waals surface area (Å²) in [6.07, 6.45) is 3.51. The van der Waals surface area contributed by atoms with Gasteiger partial charge >= 0.3 is 0 Å². The number of hydrogen-bond acceptors (Lipinski definition) is 3. The standard InChI is InChI=1S/C22H37N5O.HI/c1-5-23-22(25-13-15-27-14-7-8-18(2)17-27)24-12-11-19-9-6-10-20(16-19)21(28)26(3)4;/h6,9-10,16,18H,5,7-8,11-15,17H2,1-4H3,(H2,23,24,25);1H. The number of rotatable bonds is 8. The molecule has 1 aromatic rings. The highest BCUT2D eigenvalue weighted by molar-refractivity contribution is 14.0. The van der Waals surface area contributed by atoms with Gasteiger partial charge in [-0.15, -0.1) is 24.0 Å². The first-order chi connectivity index (χ1) is 13.5. The first-order valence-electron chi connectivity index (χ1n) is 10.5. The monoisotopic (exact) mass is 515 g/mol. The van der Waals surface area contributed by atoms with Gasteiger partial charge in [-0.1, -0.05) is 19.1 Å². The lowest BCUT2D eigenvalue weighted by Gasteiger charge is -2.30. The Bertz CT molecular complexity index is 650. The number of likely N-dealkylation sites (tertiary alicyclic amines) is 1. The Morgan fingerprint density at radius 2 is 2.10 bits per heavy atom. The van der Waals surface area contributed by atoms with E-state index in [4.69, 9.17) is 4.99 Å². The van der Waals surface area contributed by atoms with E-state index in [0.717, 1.165) is 55.6 Å². The van der Waals surface area contributed by atoms with E-state index in [1.165, 1.54) is 25.9 Å². The second-order valence-corrected chi connectivity index (χ2v) is 7.89. The molecule has 0 spiro atoms. The van der Waals surface area contributed by atoms with Crippen LogP contribution in [0, 0.1) is 5.92 Å². The van der Waals surface area contributed by atoms with E-state index in [2.05, 4.69) is 35.4 Å². The summed E-state index contributed by atoms with van der Waals surface area (Å²) in [5.74, 6) is 1.71. The first-order valence-corrected chi connectivity index (χ1v) is 10.5. The minimum atomic E-state index is 0. The van der Waals surface area contributed by atoms with E-state index < -0.39 is 0 Å². The lowest BCUT2D eigenvalue weighted by Crippen LogP contribution is -2.40. The number of halogens is 1. The van der Waals surface area contributed by atoms with Crippen molar-refractivity contribution in [2.75, 3.05) is 53.4 Å². The van der Waals surface area contributed by atoms with E-state index in [1.54, 1.807) is 19.0 Å². The summed E-state index contributed by atoms with van der Waals surface area (Å²) < 4.78 is 0. The van der Waals surface area contributed by atoms with Crippen LogP contribution in [0.15, 0.2) is 29.3 Å². The highest BCUT2D eigenvalue weighted by atomic mass is 127. The van der Waals surface area contributed by atoms with Crippen LogP contribution in [0.25, 0.3) is 0 Å². The SMILES string of the molecule is CCNC(=NCCN1CCCC(C)C1)NCCc1cccc(C(=O)N(C)C)c1.I. The van der Waals surface area contributed by atoms with Crippen LogP contribution in [0.5, 0.6) is 0 Å². The van der Waals surface area contributed by atoms with Crippen molar-refractivity contribution in [3.63, 3.8) is 0 Å². The fourth-order valence-corrected chi connectivity index (χ4v) is 3.58. The number of guanidine groups is 1. The van der Waals surface area contributed by atoms with Crippen molar-refractivity contribution in [2.45, 2.75) is 33.1 Å². The molecule has 164 valence electrons. The average Bonchev–Trinajstić information content (AvgIpc) is 2.67. The van der Waals surface area contributed by atoms with Gasteiger partial charge < -0.3 is 20.4 Å². The molecule has 0 aromatic heterocycles. The Labute approximate surface area is 193 Å². The van der Waals surface area contributed by atoms with Crippen molar-refractivity contribution in [1.82, 2.24) is 20.4 Å². The van der Waals surface area contributed by atoms with Crippen molar-refractivity contribution >= 4 is 35.8 Å². The summed E-state index contributed by atoms with van der Waals surface area (Å²) in [6, 6.07) is 7.86. The number of nitrogens with zero attached hydrogens (tertiary/aromatic N) is 3. The lowest BCUT2D eigenvalue weighted by molar-refractivity contribution is 0.0827. The molecular weight excluding hydrogens is 477 g/mol. The van der Waals surface area contributed by atoms with Crippen LogP contribution in [0.4, 0.5) is 0 Å². The molecule has 1 fully saturated rings. The quantitative estimate of drug-likeness (QED) is 0.318. The predicted molar refractivity (Wildman–Crippen MR) is 132 cm³/mol. The number of amides is 1. The summed E-state index contributed by atoms with van der Waals surface area (Å²) in [5, 5.41) is 6.73. The number of hydrogen-bond donors (Lipinski definition) is 2. The van der Waals surface area contributed by atoms with Crippen LogP contribution in [-0.4, -0.2) is 75.0 Å². The van der Waals surface area contributed by atoms with Crippen molar-refractivity contribution in [3.8, 4) is 0 Å². The van der Waals surface area contributed by atoms with E-state index in [9.17, 15) is 4.79 Å². The first kappa shape index (κ1) is 25.7. The van der Waals surface area contributed by atoms with Crippen molar-refractivity contribution in [3.05, 3.63) is 35.4 Å². The van der Waals surface area contributed by atoms with E-state index in [1.807, 2.05) is 18.2 Å². The van der Waals surface area contributed by atoms with Gasteiger partial charge in [-0.05, 0) is 56.3 Å². The maximum atomic E-state index is 12.1. The summed E-state index contributed by atoms with van der Waals surface area (Å²) in [4.78, 5) is 21.0. The van der Waals surface area contributed by atoms with Crippen molar-refractivity contribution in [2.24, 2.45) is 10.9 Å². The lowest BCUT2D eigenvalue weighted by atomic mass is 10.0. The molecule has 29 heavy (non-hydrogen) atoms. The van der Waals surface area contributed by atoms with Gasteiger partial charge in [-0.2, -0.15) is 0 Å². The van der Waals surface area contributed by atoms with Crippen LogP contribution in [0.2, 0.25) is 0 Å². The summed E-state index contributed by atoms with van der Waals surface area (Å²) >= 11 is 0. The Hall–Kier alpha value is -1.35. The van der Waals surface area contributed by atoms with Gasteiger partial charge in [-0.3, -0.25) is 9.79 Å². The molecule has 0 saturated carbocycles. The largest absolute Gasteiger partial charge is 0.357 e. The zero-order valence-electron chi connectivity index (χ0n) is 18.4. The number of carbonyl (C=O) groups is 1. The van der Waals surface area contributed by atoms with Crippen LogP contribution >= 0.6 is 24.0 Å². The maximum Gasteiger partial charge on any atom is 0.253 e. The van der Waals surface area contributed by atoms with Gasteiger partial charge in [0.2, 0.25) is 0 Å². The smallest absolute Gasteiger partial charge is 0.253 e. The number of aliphatic imine (C=N–C) groups is 1. The van der Waals surface area contributed by atoms with Crippen LogP contribution in [0.1, 0.15) is 42.6 Å². The molecule has 1 heterocycles. The van der Waals surface area contributed by atoms with E-state index in [-0.39, 0.29) is 29.9 Å². The van der Waals surface area contributed by atoms with Gasteiger partial charge in [0.15, 0.2) is 5.96 Å². The molecule has 1 unspecified atom stereocenters. The molecule has 1 amide bonds. The third-order valence-corrected chi connectivity index (χ3v) is 5.06. The van der Waals surface area contributed by atoms with Crippen LogP contribution in [0.3, 0.4) is 0 Å². The number of piperidine rings is 1. The highest BCUT2D eigenvalue weighted by Gasteiger charge is 2.15. The van der Waals surface area contributed by atoms with Crippen molar-refractivity contribution < 1.29 is 4.79 Å². The third-order valence-electron chi connectivity index (χ3n) is 5.06. The average molecular weight is 515 g/mol. The minimum absolute atomic E-state index is 0. The Balaban J connectivity index is 0.00000420. The number of benzene rings is 1. The Morgan fingerprint density at radius 3 is 2.79 bits per heavy atom. The second-order valence-electron chi connectivity index (χ2n) is 7.89. The Morgan fingerprint density at radius 1 is 1.31 bits per heavy atom. The van der Waals surface area contributed by atoms with Gasteiger partial charge in [-0.25, -0.2) is 0 Å². The normalized spacial score (nSPS) is 17.4. The molecule has 1 aromatic carbocycles. The zero-order valence-corrected chi connectivity index (χ0v) is 20.7. The molecule has 2 rings (SSSR count). The second kappa shape index (κ2) is 13.8. The molecule has 6 nitrogen and oxygen atoms in total. The topological polar surface area (TPSA) is 60.0 Å². The molecule has 1 saturated heterocycles. The molecule has 2 N–H and O–H groups in total.